The Morgan fingerprint density at radius 2 is 2.05 bits per heavy atom. The maximum atomic E-state index is 11.7. The van der Waals surface area contributed by atoms with E-state index in [1.165, 1.54) is 18.2 Å². The van der Waals surface area contributed by atoms with Crippen LogP contribution in [0.5, 0.6) is 0 Å². The summed E-state index contributed by atoms with van der Waals surface area (Å²) in [6.45, 7) is 0. The maximum Gasteiger partial charge on any atom is 0.337 e. The number of halogens is 1. The number of rotatable bonds is 3. The van der Waals surface area contributed by atoms with Gasteiger partial charge in [0.05, 0.1) is 10.6 Å². The van der Waals surface area contributed by atoms with Crippen LogP contribution in [-0.4, -0.2) is 26.9 Å². The van der Waals surface area contributed by atoms with Gasteiger partial charge in [-0.3, -0.25) is 10.00 Å². The van der Waals surface area contributed by atoms with Gasteiger partial charge in [-0.05, 0) is 18.2 Å². The first-order chi connectivity index (χ1) is 9.45. The molecule has 0 aliphatic rings. The smallest absolute Gasteiger partial charge is 0.337 e. The van der Waals surface area contributed by atoms with Gasteiger partial charge in [-0.2, -0.15) is 5.10 Å². The fraction of sp³-hybridized carbons (Fsp3) is 0.0833. The lowest BCUT2D eigenvalue weighted by Gasteiger charge is -2.07. The van der Waals surface area contributed by atoms with E-state index in [2.05, 4.69) is 15.7 Å². The van der Waals surface area contributed by atoms with Gasteiger partial charge < -0.3 is 10.4 Å². The molecule has 2 rings (SSSR count). The molecule has 2 aromatic rings. The molecule has 0 spiro atoms. The number of nitrogens with one attached hydrogen (secondary N) is 2. The van der Waals surface area contributed by atoms with Gasteiger partial charge in [-0.25, -0.2) is 9.59 Å². The maximum absolute atomic E-state index is 11.7. The third-order valence-corrected chi connectivity index (χ3v) is 2.73. The van der Waals surface area contributed by atoms with Gasteiger partial charge in [-0.1, -0.05) is 11.6 Å². The van der Waals surface area contributed by atoms with Crippen molar-refractivity contribution in [2.24, 2.45) is 7.05 Å². The number of amides is 2. The topological polar surface area (TPSA) is 96.2 Å². The second-order valence-corrected chi connectivity index (χ2v) is 4.36. The van der Waals surface area contributed by atoms with Crippen molar-refractivity contribution in [1.82, 2.24) is 9.78 Å². The summed E-state index contributed by atoms with van der Waals surface area (Å²) < 4.78 is 1.55. The van der Waals surface area contributed by atoms with Crippen molar-refractivity contribution in [3.8, 4) is 0 Å². The SMILES string of the molecule is Cn1ccc(NC(=O)Nc2ccc(C(=O)O)c(Cl)c2)n1. The van der Waals surface area contributed by atoms with Gasteiger partial charge in [0.25, 0.3) is 0 Å². The Bertz CT molecular complexity index is 668. The number of anilines is 2. The number of hydrogen-bond donors (Lipinski definition) is 3. The van der Waals surface area contributed by atoms with E-state index in [9.17, 15) is 9.59 Å². The van der Waals surface area contributed by atoms with Crippen molar-refractivity contribution in [1.29, 1.82) is 0 Å². The summed E-state index contributed by atoms with van der Waals surface area (Å²) in [5.41, 5.74) is 0.357. The van der Waals surface area contributed by atoms with Crippen LogP contribution in [0.4, 0.5) is 16.3 Å². The molecule has 0 aliphatic carbocycles. The van der Waals surface area contributed by atoms with Gasteiger partial charge in [0, 0.05) is 25.0 Å². The Hall–Kier alpha value is -2.54. The first-order valence-corrected chi connectivity index (χ1v) is 5.94. The molecule has 1 heterocycles. The largest absolute Gasteiger partial charge is 0.478 e. The number of benzene rings is 1. The van der Waals surface area contributed by atoms with Crippen LogP contribution < -0.4 is 10.6 Å². The van der Waals surface area contributed by atoms with Crippen molar-refractivity contribution in [3.63, 3.8) is 0 Å². The minimum Gasteiger partial charge on any atom is -0.478 e. The molecule has 2 amide bonds. The average molecular weight is 295 g/mol. The van der Waals surface area contributed by atoms with E-state index in [1.807, 2.05) is 0 Å². The molecule has 0 unspecified atom stereocenters. The van der Waals surface area contributed by atoms with Gasteiger partial charge in [0.2, 0.25) is 0 Å². The summed E-state index contributed by atoms with van der Waals surface area (Å²) in [4.78, 5) is 22.5. The second-order valence-electron chi connectivity index (χ2n) is 3.95. The molecule has 104 valence electrons. The highest BCUT2D eigenvalue weighted by molar-refractivity contribution is 6.33. The van der Waals surface area contributed by atoms with Gasteiger partial charge in [-0.15, -0.1) is 0 Å². The van der Waals surface area contributed by atoms with Crippen LogP contribution in [0.2, 0.25) is 5.02 Å². The molecule has 1 aromatic carbocycles. The number of carboxylic acids is 1. The number of carboxylic acid groups (broad SMARTS) is 1. The standard InChI is InChI=1S/C12H11ClN4O3/c1-17-5-4-10(16-17)15-12(20)14-7-2-3-8(11(18)19)9(13)6-7/h2-6H,1H3,(H,18,19)(H2,14,15,16,20). The fourth-order valence-electron chi connectivity index (χ4n) is 1.53. The van der Waals surface area contributed by atoms with Crippen LogP contribution in [0, 0.1) is 0 Å². The van der Waals surface area contributed by atoms with Crippen LogP contribution in [0.3, 0.4) is 0 Å². The van der Waals surface area contributed by atoms with Crippen LogP contribution in [0.15, 0.2) is 30.5 Å². The zero-order valence-electron chi connectivity index (χ0n) is 10.4. The lowest BCUT2D eigenvalue weighted by Crippen LogP contribution is -2.19. The summed E-state index contributed by atoms with van der Waals surface area (Å²) in [6, 6.07) is 5.28. The van der Waals surface area contributed by atoms with E-state index >= 15 is 0 Å². The van der Waals surface area contributed by atoms with Crippen molar-refractivity contribution in [2.45, 2.75) is 0 Å². The van der Waals surface area contributed by atoms with Crippen molar-refractivity contribution < 1.29 is 14.7 Å². The lowest BCUT2D eigenvalue weighted by molar-refractivity contribution is 0.0697. The van der Waals surface area contributed by atoms with E-state index in [-0.39, 0.29) is 10.6 Å². The molecule has 3 N–H and O–H groups in total. The second kappa shape index (κ2) is 5.62. The summed E-state index contributed by atoms with van der Waals surface area (Å²) in [5.74, 6) is -0.724. The fourth-order valence-corrected chi connectivity index (χ4v) is 1.79. The normalized spacial score (nSPS) is 10.1. The number of aromatic nitrogens is 2. The van der Waals surface area contributed by atoms with Crippen LogP contribution in [0.25, 0.3) is 0 Å². The summed E-state index contributed by atoms with van der Waals surface area (Å²) in [7, 11) is 1.73. The van der Waals surface area contributed by atoms with Gasteiger partial charge in [0.1, 0.15) is 0 Å². The minimum atomic E-state index is -1.13. The highest BCUT2D eigenvalue weighted by Crippen LogP contribution is 2.21. The molecule has 7 nitrogen and oxygen atoms in total. The minimum absolute atomic E-state index is 0.0256. The van der Waals surface area contributed by atoms with Crippen molar-refractivity contribution in [2.75, 3.05) is 10.6 Å². The number of urea groups is 1. The van der Waals surface area contributed by atoms with Crippen molar-refractivity contribution in [3.05, 3.63) is 41.0 Å². The third-order valence-electron chi connectivity index (χ3n) is 2.41. The predicted molar refractivity (Wildman–Crippen MR) is 74.3 cm³/mol. The molecule has 0 saturated carbocycles. The molecule has 0 saturated heterocycles. The first kappa shape index (κ1) is 13.9. The van der Waals surface area contributed by atoms with Gasteiger partial charge >= 0.3 is 12.0 Å². The molecular weight excluding hydrogens is 284 g/mol. The monoisotopic (exact) mass is 294 g/mol. The van der Waals surface area contributed by atoms with Crippen LogP contribution >= 0.6 is 11.6 Å². The average Bonchev–Trinajstić information content (AvgIpc) is 2.74. The van der Waals surface area contributed by atoms with Crippen LogP contribution in [0.1, 0.15) is 10.4 Å². The Labute approximate surface area is 119 Å². The lowest BCUT2D eigenvalue weighted by atomic mass is 10.2. The summed E-state index contributed by atoms with van der Waals surface area (Å²) >= 11 is 5.80. The molecule has 8 heteroatoms. The van der Waals surface area contributed by atoms with E-state index in [0.717, 1.165) is 0 Å². The number of hydrogen-bond acceptors (Lipinski definition) is 3. The quantitative estimate of drug-likeness (QED) is 0.810. The van der Waals surface area contributed by atoms with E-state index in [0.29, 0.717) is 11.5 Å². The Kier molecular flexibility index (Phi) is 3.90. The highest BCUT2D eigenvalue weighted by Gasteiger charge is 2.10. The molecule has 0 atom stereocenters. The molecule has 1 aromatic heterocycles. The molecular formula is C12H11ClN4O3. The number of aromatic carboxylic acids is 1. The number of nitrogens with zero attached hydrogens (tertiary/aromatic N) is 2. The third kappa shape index (κ3) is 3.27. The Morgan fingerprint density at radius 3 is 2.60 bits per heavy atom. The molecule has 0 bridgehead atoms. The van der Waals surface area contributed by atoms with E-state index in [4.69, 9.17) is 16.7 Å². The first-order valence-electron chi connectivity index (χ1n) is 5.56. The Morgan fingerprint density at radius 1 is 1.30 bits per heavy atom. The van der Waals surface area contributed by atoms with Gasteiger partial charge in [0.15, 0.2) is 5.82 Å². The predicted octanol–water partition coefficient (Wildman–Crippen LogP) is 2.42. The number of carbonyl (C=O) groups excluding carboxylic acids is 1. The van der Waals surface area contributed by atoms with E-state index in [1.54, 1.807) is 24.0 Å². The molecule has 0 fully saturated rings. The molecule has 0 aliphatic heterocycles. The number of carbonyl (C=O) groups is 2. The zero-order chi connectivity index (χ0) is 14.7. The number of aryl methyl sites for hydroxylation is 1. The summed E-state index contributed by atoms with van der Waals surface area (Å²) in [5, 5.41) is 17.9. The summed E-state index contributed by atoms with van der Waals surface area (Å²) in [6.07, 6.45) is 1.69. The molecule has 20 heavy (non-hydrogen) atoms. The molecule has 0 radical (unpaired) electrons. The van der Waals surface area contributed by atoms with Crippen molar-refractivity contribution >= 4 is 35.1 Å². The van der Waals surface area contributed by atoms with E-state index < -0.39 is 12.0 Å². The van der Waals surface area contributed by atoms with Crippen LogP contribution in [-0.2, 0) is 7.05 Å². The zero-order valence-corrected chi connectivity index (χ0v) is 11.2. The highest BCUT2D eigenvalue weighted by atomic mass is 35.5. The Balaban J connectivity index is 2.04.